The molecule has 0 aliphatic heterocycles. The Labute approximate surface area is 177 Å². The quantitative estimate of drug-likeness (QED) is 0.333. The highest BCUT2D eigenvalue weighted by Gasteiger charge is 2.23. The van der Waals surface area contributed by atoms with Crippen LogP contribution in [-0.2, 0) is 6.42 Å². The summed E-state index contributed by atoms with van der Waals surface area (Å²) < 4.78 is 0. The van der Waals surface area contributed by atoms with E-state index >= 15 is 0 Å². The van der Waals surface area contributed by atoms with Crippen LogP contribution in [0.2, 0.25) is 0 Å². The largest absolute Gasteiger partial charge is 0.385 e. The van der Waals surface area contributed by atoms with Crippen molar-refractivity contribution in [3.63, 3.8) is 0 Å². The topological polar surface area (TPSA) is 56.9 Å². The molecule has 0 saturated carbocycles. The first-order chi connectivity index (χ1) is 14.8. The average molecular weight is 398 g/mol. The van der Waals surface area contributed by atoms with Crippen molar-refractivity contribution >= 4 is 22.4 Å². The maximum absolute atomic E-state index is 13.5. The molecule has 4 heteroatoms. The van der Waals surface area contributed by atoms with E-state index in [2.05, 4.69) is 46.8 Å². The summed E-state index contributed by atoms with van der Waals surface area (Å²) in [6, 6.07) is 26.0. The molecule has 0 amide bonds. The fourth-order valence-electron chi connectivity index (χ4n) is 3.79. The third kappa shape index (κ3) is 4.44. The minimum absolute atomic E-state index is 0.0844. The summed E-state index contributed by atoms with van der Waals surface area (Å²) in [7, 11) is 0. The van der Waals surface area contributed by atoms with Crippen molar-refractivity contribution in [2.24, 2.45) is 0 Å². The van der Waals surface area contributed by atoms with Crippen LogP contribution in [0.5, 0.6) is 0 Å². The monoisotopic (exact) mass is 397 g/mol. The van der Waals surface area contributed by atoms with Gasteiger partial charge in [0.15, 0.2) is 5.78 Å². The fourth-order valence-corrected chi connectivity index (χ4v) is 3.79. The zero-order valence-electron chi connectivity index (χ0n) is 17.2. The molecule has 0 radical (unpaired) electrons. The molecule has 1 heterocycles. The van der Waals surface area contributed by atoms with E-state index in [-0.39, 0.29) is 11.8 Å². The summed E-state index contributed by atoms with van der Waals surface area (Å²) in [5.41, 5.74) is 5.06. The van der Waals surface area contributed by atoms with Crippen molar-refractivity contribution in [1.29, 1.82) is 0 Å². The number of para-hydroxylation sites is 1. The molecule has 152 valence electrons. The van der Waals surface area contributed by atoms with Gasteiger partial charge in [0.25, 0.3) is 0 Å². The van der Waals surface area contributed by atoms with E-state index in [0.29, 0.717) is 6.54 Å². The van der Waals surface area contributed by atoms with Gasteiger partial charge in [-0.1, -0.05) is 60.7 Å². The summed E-state index contributed by atoms with van der Waals surface area (Å²) in [6.07, 6.45) is 2.68. The number of hydrogen-bond acceptors (Lipinski definition) is 3. The zero-order valence-corrected chi connectivity index (χ0v) is 17.2. The minimum atomic E-state index is -0.383. The molecule has 3 aromatic carbocycles. The first kappa shape index (κ1) is 19.9. The Morgan fingerprint density at radius 3 is 2.43 bits per heavy atom. The molecule has 0 saturated heterocycles. The lowest BCUT2D eigenvalue weighted by Gasteiger charge is -2.18. The lowest BCUT2D eigenvalue weighted by atomic mass is 9.96. The molecule has 30 heavy (non-hydrogen) atoms. The molecule has 0 bridgehead atoms. The number of H-pyrrole nitrogens is 1. The third-order valence-corrected chi connectivity index (χ3v) is 5.35. The van der Waals surface area contributed by atoms with Gasteiger partial charge >= 0.3 is 0 Å². The second-order valence-electron chi connectivity index (χ2n) is 7.39. The van der Waals surface area contributed by atoms with Gasteiger partial charge in [0, 0.05) is 41.4 Å². The van der Waals surface area contributed by atoms with E-state index in [0.717, 1.165) is 40.7 Å². The van der Waals surface area contributed by atoms with Gasteiger partial charge in [0.1, 0.15) is 0 Å². The summed E-state index contributed by atoms with van der Waals surface area (Å²) in [4.78, 5) is 16.7. The highest BCUT2D eigenvalue weighted by molar-refractivity contribution is 6.10. The van der Waals surface area contributed by atoms with Gasteiger partial charge in [-0.25, -0.2) is 0 Å². The molecule has 0 unspecified atom stereocenters. The van der Waals surface area contributed by atoms with Gasteiger partial charge in [0.2, 0.25) is 0 Å². The van der Waals surface area contributed by atoms with Gasteiger partial charge in [-0.15, -0.1) is 0 Å². The van der Waals surface area contributed by atoms with Crippen LogP contribution in [0.25, 0.3) is 10.9 Å². The van der Waals surface area contributed by atoms with E-state index in [1.54, 1.807) is 0 Å². The second-order valence-corrected chi connectivity index (χ2v) is 7.39. The number of carbonyl (C=O) groups excluding carboxylic acids is 1. The van der Waals surface area contributed by atoms with Crippen LogP contribution in [0, 0.1) is 0 Å². The van der Waals surface area contributed by atoms with E-state index in [4.69, 9.17) is 0 Å². The molecule has 1 aromatic heterocycles. The van der Waals surface area contributed by atoms with Crippen molar-refractivity contribution < 1.29 is 4.79 Å². The van der Waals surface area contributed by atoms with Crippen LogP contribution >= 0.6 is 0 Å². The molecular formula is C26H27N3O. The standard InChI is InChI=1S/C26H27N3O/c1-2-27-21-14-12-19(13-15-21)16-17-28-25(20-8-4-3-5-9-20)26(30)23-18-29-24-11-7-6-10-22(23)24/h3-15,18,25,27-29H,2,16-17H2,1H3/t25-/m1/s1. The summed E-state index contributed by atoms with van der Waals surface area (Å²) in [6.45, 7) is 3.72. The Morgan fingerprint density at radius 1 is 0.933 bits per heavy atom. The predicted octanol–water partition coefficient (Wildman–Crippen LogP) is 5.36. The van der Waals surface area contributed by atoms with Crippen molar-refractivity contribution in [2.45, 2.75) is 19.4 Å². The highest BCUT2D eigenvalue weighted by atomic mass is 16.1. The molecule has 0 aliphatic rings. The first-order valence-corrected chi connectivity index (χ1v) is 10.5. The van der Waals surface area contributed by atoms with Gasteiger partial charge in [-0.3, -0.25) is 4.79 Å². The number of Topliss-reactive ketones (excluding diaryl/α,β-unsaturated/α-hetero) is 1. The van der Waals surface area contributed by atoms with E-state index < -0.39 is 0 Å². The number of aromatic amines is 1. The number of nitrogens with one attached hydrogen (secondary N) is 3. The first-order valence-electron chi connectivity index (χ1n) is 10.5. The van der Waals surface area contributed by atoms with Crippen molar-refractivity contribution in [2.75, 3.05) is 18.4 Å². The van der Waals surface area contributed by atoms with Crippen molar-refractivity contribution in [3.8, 4) is 0 Å². The number of ketones is 1. The van der Waals surface area contributed by atoms with Gasteiger partial charge in [0.05, 0.1) is 6.04 Å². The normalized spacial score (nSPS) is 12.0. The van der Waals surface area contributed by atoms with Crippen LogP contribution in [0.15, 0.2) is 85.1 Å². The Hall–Kier alpha value is -3.37. The van der Waals surface area contributed by atoms with E-state index in [1.807, 2.05) is 60.8 Å². The predicted molar refractivity (Wildman–Crippen MR) is 124 cm³/mol. The molecule has 4 rings (SSSR count). The number of benzene rings is 3. The van der Waals surface area contributed by atoms with Crippen molar-refractivity contribution in [1.82, 2.24) is 10.3 Å². The smallest absolute Gasteiger partial charge is 0.186 e. The Kier molecular flexibility index (Phi) is 6.26. The number of carbonyl (C=O) groups is 1. The Bertz CT molecular complexity index is 1100. The number of aromatic nitrogens is 1. The number of rotatable bonds is 9. The SMILES string of the molecule is CCNc1ccc(CCN[C@@H](C(=O)c2c[nH]c3ccccc23)c2ccccc2)cc1. The fraction of sp³-hybridized carbons (Fsp3) is 0.192. The van der Waals surface area contributed by atoms with Crippen molar-refractivity contribution in [3.05, 3.63) is 102 Å². The Balaban J connectivity index is 1.51. The van der Waals surface area contributed by atoms with Crippen LogP contribution < -0.4 is 10.6 Å². The summed E-state index contributed by atoms with van der Waals surface area (Å²) in [5.74, 6) is 0.0844. The number of fused-ring (bicyclic) bond motifs is 1. The van der Waals surface area contributed by atoms with Crippen LogP contribution in [-0.4, -0.2) is 23.9 Å². The Morgan fingerprint density at radius 2 is 1.67 bits per heavy atom. The summed E-state index contributed by atoms with van der Waals surface area (Å²) in [5, 5.41) is 7.77. The molecule has 1 atom stereocenters. The van der Waals surface area contributed by atoms with Crippen LogP contribution in [0.1, 0.15) is 34.5 Å². The molecule has 0 aliphatic carbocycles. The van der Waals surface area contributed by atoms with Gasteiger partial charge < -0.3 is 15.6 Å². The number of hydrogen-bond donors (Lipinski definition) is 3. The maximum Gasteiger partial charge on any atom is 0.186 e. The molecule has 0 spiro atoms. The second kappa shape index (κ2) is 9.42. The lowest BCUT2D eigenvalue weighted by Crippen LogP contribution is -2.30. The number of anilines is 1. The summed E-state index contributed by atoms with van der Waals surface area (Å²) >= 11 is 0. The van der Waals surface area contributed by atoms with E-state index in [1.165, 1.54) is 5.56 Å². The molecular weight excluding hydrogens is 370 g/mol. The average Bonchev–Trinajstić information content (AvgIpc) is 3.22. The maximum atomic E-state index is 13.5. The molecule has 4 nitrogen and oxygen atoms in total. The highest BCUT2D eigenvalue weighted by Crippen LogP contribution is 2.24. The third-order valence-electron chi connectivity index (χ3n) is 5.35. The van der Waals surface area contributed by atoms with Crippen LogP contribution in [0.4, 0.5) is 5.69 Å². The van der Waals surface area contributed by atoms with E-state index in [9.17, 15) is 4.79 Å². The zero-order chi connectivity index (χ0) is 20.8. The minimum Gasteiger partial charge on any atom is -0.385 e. The lowest BCUT2D eigenvalue weighted by molar-refractivity contribution is 0.0945. The molecule has 0 fully saturated rings. The van der Waals surface area contributed by atoms with Crippen LogP contribution in [0.3, 0.4) is 0 Å². The molecule has 4 aromatic rings. The molecule has 3 N–H and O–H groups in total. The van der Waals surface area contributed by atoms with Gasteiger partial charge in [-0.05, 0) is 42.7 Å². The van der Waals surface area contributed by atoms with Gasteiger partial charge in [-0.2, -0.15) is 0 Å².